The number of hydrogen-bond donors (Lipinski definition) is 0. The van der Waals surface area contributed by atoms with Crippen LogP contribution >= 0.6 is 0 Å². The maximum Gasteiger partial charge on any atom is 0.337 e. The lowest BCUT2D eigenvalue weighted by atomic mass is 10.2. The monoisotopic (exact) mass is 484 g/mol. The van der Waals surface area contributed by atoms with Gasteiger partial charge in [0.1, 0.15) is 11.5 Å². The van der Waals surface area contributed by atoms with Gasteiger partial charge in [0.15, 0.2) is 17.1 Å². The van der Waals surface area contributed by atoms with E-state index >= 15 is 0 Å². The van der Waals surface area contributed by atoms with Gasteiger partial charge in [0.2, 0.25) is 5.89 Å². The molecule has 0 saturated heterocycles. The van der Waals surface area contributed by atoms with E-state index in [0.29, 0.717) is 57.7 Å². The third-order valence-corrected chi connectivity index (χ3v) is 5.82. The first kappa shape index (κ1) is 23.1. The second-order valence-corrected chi connectivity index (χ2v) is 8.04. The second kappa shape index (κ2) is 9.53. The number of rotatable bonds is 7. The largest absolute Gasteiger partial charge is 0.493 e. The van der Waals surface area contributed by atoms with Gasteiger partial charge in [0, 0.05) is 11.8 Å². The van der Waals surface area contributed by atoms with Crippen molar-refractivity contribution in [3.8, 4) is 28.6 Å². The summed E-state index contributed by atoms with van der Waals surface area (Å²) in [6.45, 7) is 4.10. The number of aromatic nitrogens is 4. The molecule has 3 heterocycles. The third kappa shape index (κ3) is 4.04. The van der Waals surface area contributed by atoms with E-state index in [1.165, 1.54) is 4.57 Å². The topological polar surface area (TPSA) is 101 Å². The highest BCUT2D eigenvalue weighted by molar-refractivity contribution is 5.75. The Morgan fingerprint density at radius 3 is 2.56 bits per heavy atom. The molecule has 0 N–H and O–H groups in total. The molecule has 5 aromatic rings. The van der Waals surface area contributed by atoms with Crippen LogP contribution in [0.2, 0.25) is 0 Å². The van der Waals surface area contributed by atoms with E-state index in [1.54, 1.807) is 56.6 Å². The average Bonchev–Trinajstić information content (AvgIpc) is 3.27. The van der Waals surface area contributed by atoms with Crippen molar-refractivity contribution in [1.82, 2.24) is 19.1 Å². The van der Waals surface area contributed by atoms with Crippen molar-refractivity contribution in [3.05, 3.63) is 99.2 Å². The lowest BCUT2D eigenvalue weighted by Gasteiger charge is -2.12. The molecular formula is C27H24N4O5. The van der Waals surface area contributed by atoms with E-state index in [0.717, 1.165) is 4.57 Å². The van der Waals surface area contributed by atoms with Crippen molar-refractivity contribution in [2.75, 3.05) is 13.7 Å². The molecule has 5 rings (SSSR count). The van der Waals surface area contributed by atoms with Gasteiger partial charge in [-0.25, -0.2) is 19.3 Å². The lowest BCUT2D eigenvalue weighted by molar-refractivity contribution is 0.311. The Hall–Kier alpha value is -4.66. The average molecular weight is 485 g/mol. The molecule has 0 saturated carbocycles. The molecule has 0 amide bonds. The molecule has 9 heteroatoms. The normalized spacial score (nSPS) is 11.1. The summed E-state index contributed by atoms with van der Waals surface area (Å²) in [6, 6.07) is 17.8. The van der Waals surface area contributed by atoms with Gasteiger partial charge in [-0.2, -0.15) is 0 Å². The van der Waals surface area contributed by atoms with Crippen LogP contribution in [0.15, 0.2) is 80.9 Å². The van der Waals surface area contributed by atoms with Gasteiger partial charge in [-0.15, -0.1) is 0 Å². The summed E-state index contributed by atoms with van der Waals surface area (Å²) in [5.74, 6) is 2.02. The lowest BCUT2D eigenvalue weighted by Crippen LogP contribution is -2.40. The summed E-state index contributed by atoms with van der Waals surface area (Å²) in [4.78, 5) is 35.8. The molecule has 0 fully saturated rings. The fourth-order valence-electron chi connectivity index (χ4n) is 4.06. The SMILES string of the molecule is CCOc1ccc(-c2nc(Cn3c(=O)c4cccnc4n(-c4ccccc4)c3=O)c(C)o2)cc1OC. The molecule has 9 nitrogen and oxygen atoms in total. The number of nitrogens with zero attached hydrogens (tertiary/aromatic N) is 4. The van der Waals surface area contributed by atoms with E-state index in [4.69, 9.17) is 13.9 Å². The molecule has 2 aromatic carbocycles. The minimum Gasteiger partial charge on any atom is -0.493 e. The summed E-state index contributed by atoms with van der Waals surface area (Å²) >= 11 is 0. The molecule has 3 aromatic heterocycles. The van der Waals surface area contributed by atoms with Gasteiger partial charge in [-0.3, -0.25) is 9.36 Å². The Balaban J connectivity index is 1.61. The zero-order valence-electron chi connectivity index (χ0n) is 20.1. The van der Waals surface area contributed by atoms with Crippen molar-refractivity contribution in [2.45, 2.75) is 20.4 Å². The number of benzene rings is 2. The highest BCUT2D eigenvalue weighted by Gasteiger charge is 2.19. The standard InChI is InChI=1S/C27H24N4O5/c1-4-35-22-13-12-18(15-23(22)34-3)25-29-21(17(2)36-25)16-30-26(32)20-11-8-14-28-24(20)31(27(30)33)19-9-6-5-7-10-19/h5-15H,4,16H2,1-3H3. The van der Waals surface area contributed by atoms with Crippen molar-refractivity contribution in [3.63, 3.8) is 0 Å². The number of pyridine rings is 1. The Morgan fingerprint density at radius 1 is 1.00 bits per heavy atom. The molecule has 36 heavy (non-hydrogen) atoms. The van der Waals surface area contributed by atoms with Gasteiger partial charge in [0.25, 0.3) is 5.56 Å². The number of fused-ring (bicyclic) bond motifs is 1. The molecule has 0 aliphatic heterocycles. The molecule has 0 bridgehead atoms. The summed E-state index contributed by atoms with van der Waals surface area (Å²) in [5.41, 5.74) is 1.11. The highest BCUT2D eigenvalue weighted by atomic mass is 16.5. The quantitative estimate of drug-likeness (QED) is 0.345. The Kier molecular flexibility index (Phi) is 6.12. The minimum atomic E-state index is -0.510. The first-order valence-electron chi connectivity index (χ1n) is 11.4. The summed E-state index contributed by atoms with van der Waals surface area (Å²) < 4.78 is 19.5. The van der Waals surface area contributed by atoms with Crippen molar-refractivity contribution >= 4 is 11.0 Å². The van der Waals surface area contributed by atoms with Crippen LogP contribution in [-0.4, -0.2) is 32.8 Å². The number of oxazole rings is 1. The van der Waals surface area contributed by atoms with Crippen LogP contribution < -0.4 is 20.7 Å². The fourth-order valence-corrected chi connectivity index (χ4v) is 4.06. The van der Waals surface area contributed by atoms with Crippen molar-refractivity contribution in [1.29, 1.82) is 0 Å². The smallest absolute Gasteiger partial charge is 0.337 e. The Labute approximate surface area is 206 Å². The molecule has 0 spiro atoms. The molecule has 0 aliphatic rings. The zero-order valence-corrected chi connectivity index (χ0v) is 20.1. The van der Waals surface area contributed by atoms with Crippen molar-refractivity contribution < 1.29 is 13.9 Å². The molecule has 0 unspecified atom stereocenters. The summed E-state index contributed by atoms with van der Waals surface area (Å²) in [5, 5.41) is 0.332. The van der Waals surface area contributed by atoms with E-state index in [1.807, 2.05) is 31.2 Å². The van der Waals surface area contributed by atoms with Gasteiger partial charge in [-0.05, 0) is 56.3 Å². The van der Waals surface area contributed by atoms with E-state index in [-0.39, 0.29) is 6.54 Å². The van der Waals surface area contributed by atoms with Crippen LogP contribution in [0.25, 0.3) is 28.2 Å². The summed E-state index contributed by atoms with van der Waals surface area (Å²) in [6.07, 6.45) is 1.56. The Morgan fingerprint density at radius 2 is 1.81 bits per heavy atom. The number of ether oxygens (including phenoxy) is 2. The van der Waals surface area contributed by atoms with Crippen LogP contribution in [0.3, 0.4) is 0 Å². The van der Waals surface area contributed by atoms with Gasteiger partial charge in [0.05, 0.1) is 31.3 Å². The predicted octanol–water partition coefficient (Wildman–Crippen LogP) is 3.97. The van der Waals surface area contributed by atoms with Gasteiger partial charge < -0.3 is 13.9 Å². The molecule has 0 atom stereocenters. The number of aryl methyl sites for hydroxylation is 1. The zero-order chi connectivity index (χ0) is 25.2. The van der Waals surface area contributed by atoms with Crippen LogP contribution in [0, 0.1) is 6.92 Å². The second-order valence-electron chi connectivity index (χ2n) is 8.04. The van der Waals surface area contributed by atoms with E-state index in [9.17, 15) is 9.59 Å². The maximum atomic E-state index is 13.6. The first-order valence-corrected chi connectivity index (χ1v) is 11.4. The molecule has 0 aliphatic carbocycles. The maximum absolute atomic E-state index is 13.6. The number of methoxy groups -OCH3 is 1. The minimum absolute atomic E-state index is 0.0567. The van der Waals surface area contributed by atoms with Crippen LogP contribution in [0.4, 0.5) is 0 Å². The van der Waals surface area contributed by atoms with Gasteiger partial charge >= 0.3 is 5.69 Å². The molecule has 182 valence electrons. The van der Waals surface area contributed by atoms with E-state index < -0.39 is 11.2 Å². The highest BCUT2D eigenvalue weighted by Crippen LogP contribution is 2.33. The first-order chi connectivity index (χ1) is 17.5. The predicted molar refractivity (Wildman–Crippen MR) is 135 cm³/mol. The van der Waals surface area contributed by atoms with Crippen LogP contribution in [0.5, 0.6) is 11.5 Å². The fraction of sp³-hybridized carbons (Fsp3) is 0.185. The molecular weight excluding hydrogens is 460 g/mol. The summed E-state index contributed by atoms with van der Waals surface area (Å²) in [7, 11) is 1.56. The van der Waals surface area contributed by atoms with Crippen LogP contribution in [-0.2, 0) is 6.54 Å². The number of hydrogen-bond acceptors (Lipinski definition) is 7. The molecule has 0 radical (unpaired) electrons. The third-order valence-electron chi connectivity index (χ3n) is 5.82. The number of para-hydroxylation sites is 1. The van der Waals surface area contributed by atoms with Gasteiger partial charge in [-0.1, -0.05) is 18.2 Å². The Bertz CT molecular complexity index is 1670. The van der Waals surface area contributed by atoms with Crippen molar-refractivity contribution in [2.24, 2.45) is 0 Å². The van der Waals surface area contributed by atoms with E-state index in [2.05, 4.69) is 9.97 Å². The van der Waals surface area contributed by atoms with Crippen LogP contribution in [0.1, 0.15) is 18.4 Å².